The highest BCUT2D eigenvalue weighted by Gasteiger charge is 2.25. The van der Waals surface area contributed by atoms with E-state index in [0.29, 0.717) is 5.54 Å². The Morgan fingerprint density at radius 3 is 0.889 bits per heavy atom. The molecule has 1 heteroatoms. The average Bonchev–Trinajstić information content (AvgIpc) is 2.86. The maximum absolute atomic E-state index is 2.90. The highest BCUT2D eigenvalue weighted by molar-refractivity contribution is 4.81. The van der Waals surface area contributed by atoms with Gasteiger partial charge in [-0.1, -0.05) is 175 Å². The maximum Gasteiger partial charge on any atom is 0.0153 e. The molecular weight excluding hydrogens is 434 g/mol. The van der Waals surface area contributed by atoms with E-state index in [9.17, 15) is 0 Å². The summed E-state index contributed by atoms with van der Waals surface area (Å²) in [5.74, 6) is 0. The second-order valence-corrected chi connectivity index (χ2v) is 12.7. The van der Waals surface area contributed by atoms with Gasteiger partial charge in [0.2, 0.25) is 0 Å². The molecule has 0 aliphatic carbocycles. The molecule has 0 amide bonds. The first-order valence-electron chi connectivity index (χ1n) is 17.3. The molecule has 0 unspecified atom stereocenters. The molecule has 218 valence electrons. The van der Waals surface area contributed by atoms with Crippen LogP contribution < -0.4 is 0 Å². The van der Waals surface area contributed by atoms with Crippen molar-refractivity contribution in [3.8, 4) is 0 Å². The molecule has 0 bridgehead atoms. The van der Waals surface area contributed by atoms with E-state index in [-0.39, 0.29) is 0 Å². The monoisotopic (exact) mass is 508 g/mol. The predicted octanol–water partition coefficient (Wildman–Crippen LogP) is 12.7. The number of unbranched alkanes of at least 4 members (excludes halogenated alkanes) is 23. The summed E-state index contributed by atoms with van der Waals surface area (Å²) in [6.07, 6.45) is 38.8. The van der Waals surface area contributed by atoms with Gasteiger partial charge in [0.25, 0.3) is 0 Å². The summed E-state index contributed by atoms with van der Waals surface area (Å²) in [7, 11) is 0. The van der Waals surface area contributed by atoms with E-state index in [0.717, 1.165) is 0 Å². The Labute approximate surface area is 231 Å². The zero-order valence-electron chi connectivity index (χ0n) is 26.5. The Morgan fingerprint density at radius 2 is 0.583 bits per heavy atom. The van der Waals surface area contributed by atoms with Gasteiger partial charge in [-0.25, -0.2) is 0 Å². The van der Waals surface area contributed by atoms with Crippen molar-refractivity contribution in [2.24, 2.45) is 0 Å². The summed E-state index contributed by atoms with van der Waals surface area (Å²) in [4.78, 5) is 2.90. The molecule has 0 aromatic carbocycles. The number of rotatable bonds is 30. The lowest BCUT2D eigenvalue weighted by atomic mass is 9.92. The second-order valence-electron chi connectivity index (χ2n) is 12.7. The van der Waals surface area contributed by atoms with Gasteiger partial charge in [0, 0.05) is 5.54 Å². The summed E-state index contributed by atoms with van der Waals surface area (Å²) in [6.45, 7) is 14.7. The van der Waals surface area contributed by atoms with Gasteiger partial charge in [-0.3, -0.25) is 4.90 Å². The average molecular weight is 508 g/mol. The molecule has 0 aliphatic rings. The van der Waals surface area contributed by atoms with Crippen molar-refractivity contribution in [3.05, 3.63) is 0 Å². The number of hydrogen-bond acceptors (Lipinski definition) is 1. The van der Waals surface area contributed by atoms with Crippen molar-refractivity contribution in [2.45, 2.75) is 214 Å². The summed E-state index contributed by atoms with van der Waals surface area (Å²) in [5.41, 5.74) is 0.377. The van der Waals surface area contributed by atoms with Crippen LogP contribution in [0.4, 0.5) is 0 Å². The van der Waals surface area contributed by atoms with Crippen LogP contribution in [0.2, 0.25) is 0 Å². The molecule has 0 radical (unpaired) electrons. The van der Waals surface area contributed by atoms with Crippen molar-refractivity contribution < 1.29 is 0 Å². The van der Waals surface area contributed by atoms with Crippen LogP contribution in [0.5, 0.6) is 0 Å². The molecule has 0 saturated heterocycles. The lowest BCUT2D eigenvalue weighted by molar-refractivity contribution is 0.102. The Bertz CT molecular complexity index is 381. The summed E-state index contributed by atoms with van der Waals surface area (Å²) < 4.78 is 0. The predicted molar refractivity (Wildman–Crippen MR) is 167 cm³/mol. The van der Waals surface area contributed by atoms with E-state index in [1.54, 1.807) is 0 Å². The van der Waals surface area contributed by atoms with Crippen LogP contribution in [-0.2, 0) is 0 Å². The van der Waals surface area contributed by atoms with Gasteiger partial charge in [0.15, 0.2) is 0 Å². The topological polar surface area (TPSA) is 3.24 Å². The van der Waals surface area contributed by atoms with Gasteiger partial charge < -0.3 is 0 Å². The second kappa shape index (κ2) is 28.0. The van der Waals surface area contributed by atoms with E-state index in [2.05, 4.69) is 39.5 Å². The highest BCUT2D eigenvalue weighted by atomic mass is 15.2. The molecule has 0 aromatic heterocycles. The van der Waals surface area contributed by atoms with Gasteiger partial charge in [0.05, 0.1) is 0 Å². The van der Waals surface area contributed by atoms with Crippen LogP contribution in [0.25, 0.3) is 0 Å². The summed E-state index contributed by atoms with van der Waals surface area (Å²) in [6, 6.07) is 0. The van der Waals surface area contributed by atoms with Crippen LogP contribution in [0.15, 0.2) is 0 Å². The first kappa shape index (κ1) is 36.0. The summed E-state index contributed by atoms with van der Waals surface area (Å²) in [5, 5.41) is 0. The van der Waals surface area contributed by atoms with Crippen LogP contribution in [0.1, 0.15) is 208 Å². The molecule has 0 heterocycles. The fourth-order valence-corrected chi connectivity index (χ4v) is 5.79. The van der Waals surface area contributed by atoms with E-state index < -0.39 is 0 Å². The van der Waals surface area contributed by atoms with Crippen molar-refractivity contribution in [1.29, 1.82) is 0 Å². The van der Waals surface area contributed by atoms with Crippen molar-refractivity contribution in [2.75, 3.05) is 13.1 Å². The molecule has 0 atom stereocenters. The SMILES string of the molecule is CCCCCCCCCCCCC(C)(C)N(CCCCCCCCCC)CCCCCCCCCC. The van der Waals surface area contributed by atoms with Gasteiger partial charge in [-0.15, -0.1) is 0 Å². The molecule has 0 spiro atoms. The van der Waals surface area contributed by atoms with Gasteiger partial charge >= 0.3 is 0 Å². The van der Waals surface area contributed by atoms with Crippen LogP contribution in [0, 0.1) is 0 Å². The lowest BCUT2D eigenvalue weighted by Crippen LogP contribution is -2.45. The fourth-order valence-electron chi connectivity index (χ4n) is 5.79. The van der Waals surface area contributed by atoms with Crippen LogP contribution in [-0.4, -0.2) is 23.5 Å². The third kappa shape index (κ3) is 24.3. The largest absolute Gasteiger partial charge is 0.298 e. The minimum atomic E-state index is 0.377. The van der Waals surface area contributed by atoms with Gasteiger partial charge in [-0.2, -0.15) is 0 Å². The molecule has 0 saturated carbocycles. The van der Waals surface area contributed by atoms with Gasteiger partial charge in [0.1, 0.15) is 0 Å². The lowest BCUT2D eigenvalue weighted by Gasteiger charge is -2.39. The third-order valence-electron chi connectivity index (χ3n) is 8.56. The first-order valence-corrected chi connectivity index (χ1v) is 17.3. The Balaban J connectivity index is 4.21. The van der Waals surface area contributed by atoms with Crippen LogP contribution in [0.3, 0.4) is 0 Å². The minimum absolute atomic E-state index is 0.377. The molecule has 36 heavy (non-hydrogen) atoms. The van der Waals surface area contributed by atoms with E-state index in [4.69, 9.17) is 0 Å². The normalized spacial score (nSPS) is 12.2. The number of hydrogen-bond donors (Lipinski definition) is 0. The van der Waals surface area contributed by atoms with Crippen LogP contribution >= 0.6 is 0 Å². The zero-order chi connectivity index (χ0) is 26.6. The highest BCUT2D eigenvalue weighted by Crippen LogP contribution is 2.25. The molecule has 0 aliphatic heterocycles. The molecule has 1 nitrogen and oxygen atoms in total. The van der Waals surface area contributed by atoms with Crippen molar-refractivity contribution >= 4 is 0 Å². The van der Waals surface area contributed by atoms with Crippen molar-refractivity contribution in [1.82, 2.24) is 4.90 Å². The Morgan fingerprint density at radius 1 is 0.333 bits per heavy atom. The Kier molecular flexibility index (Phi) is 27.9. The smallest absolute Gasteiger partial charge is 0.0153 e. The molecule has 0 N–H and O–H groups in total. The fraction of sp³-hybridized carbons (Fsp3) is 1.00. The van der Waals surface area contributed by atoms with E-state index in [1.807, 2.05) is 0 Å². The number of nitrogens with zero attached hydrogens (tertiary/aromatic N) is 1. The maximum atomic E-state index is 2.90. The van der Waals surface area contributed by atoms with Crippen molar-refractivity contribution in [3.63, 3.8) is 0 Å². The molecule has 0 fully saturated rings. The molecule has 0 aromatic rings. The third-order valence-corrected chi connectivity index (χ3v) is 8.56. The quantitative estimate of drug-likeness (QED) is 0.0873. The Hall–Kier alpha value is -0.0400. The molecular formula is C35H73N. The van der Waals surface area contributed by atoms with E-state index in [1.165, 1.54) is 186 Å². The summed E-state index contributed by atoms with van der Waals surface area (Å²) >= 11 is 0. The first-order chi connectivity index (χ1) is 17.6. The zero-order valence-corrected chi connectivity index (χ0v) is 26.5. The van der Waals surface area contributed by atoms with Gasteiger partial charge in [-0.05, 0) is 46.2 Å². The standard InChI is InChI=1S/C35H73N/c1-6-9-12-15-18-21-22-23-26-29-32-35(4,5)36(33-30-27-24-19-16-13-10-7-2)34-31-28-25-20-17-14-11-8-3/h6-34H2,1-5H3. The molecule has 0 rings (SSSR count). The van der Waals surface area contributed by atoms with E-state index >= 15 is 0 Å². The minimum Gasteiger partial charge on any atom is -0.298 e.